The second-order valence-electron chi connectivity index (χ2n) is 6.01. The van der Waals surface area contributed by atoms with E-state index < -0.39 is 0 Å². The van der Waals surface area contributed by atoms with Gasteiger partial charge in [0.05, 0.1) is 20.8 Å². The molecule has 144 valence electrons. The van der Waals surface area contributed by atoms with Crippen molar-refractivity contribution in [3.63, 3.8) is 0 Å². The molecule has 0 aliphatic heterocycles. The Kier molecular flexibility index (Phi) is 8.23. The summed E-state index contributed by atoms with van der Waals surface area (Å²) in [6, 6.07) is 12.8. The fourth-order valence-electron chi connectivity index (χ4n) is 2.48. The van der Waals surface area contributed by atoms with Gasteiger partial charge in [-0.05, 0) is 48.9 Å². The van der Waals surface area contributed by atoms with Crippen LogP contribution in [-0.2, 0) is 4.79 Å². The minimum Gasteiger partial charge on any atom is -0.497 e. The lowest BCUT2D eigenvalue weighted by atomic mass is 10.1. The topological polar surface area (TPSA) is 56.8 Å². The van der Waals surface area contributed by atoms with Gasteiger partial charge >= 0.3 is 0 Å². The molecule has 0 bridgehead atoms. The van der Waals surface area contributed by atoms with Gasteiger partial charge in [0, 0.05) is 23.4 Å². The number of benzene rings is 2. The minimum absolute atomic E-state index is 0.218. The first-order valence-corrected chi connectivity index (χ1v) is 9.10. The Morgan fingerprint density at radius 1 is 1.00 bits per heavy atom. The molecular weight excluding hydrogens is 342 g/mol. The van der Waals surface area contributed by atoms with Crippen LogP contribution >= 0.6 is 0 Å². The van der Waals surface area contributed by atoms with Gasteiger partial charge in [0.1, 0.15) is 17.2 Å². The van der Waals surface area contributed by atoms with Crippen LogP contribution in [0.3, 0.4) is 0 Å². The van der Waals surface area contributed by atoms with Gasteiger partial charge in [-0.15, -0.1) is 0 Å². The maximum atomic E-state index is 12.1. The van der Waals surface area contributed by atoms with E-state index in [9.17, 15) is 4.79 Å². The molecule has 0 aromatic heterocycles. The normalized spacial score (nSPS) is 10.6. The zero-order valence-corrected chi connectivity index (χ0v) is 16.2. The van der Waals surface area contributed by atoms with Crippen LogP contribution < -0.4 is 19.5 Å². The third-order valence-corrected chi connectivity index (χ3v) is 3.99. The van der Waals surface area contributed by atoms with Crippen molar-refractivity contribution in [2.24, 2.45) is 0 Å². The van der Waals surface area contributed by atoms with Crippen LogP contribution in [-0.4, -0.2) is 26.7 Å². The molecule has 0 heterocycles. The standard InChI is InChI=1S/C22H27NO4/c1-4-5-6-15-27-19-12-9-18(10-13-19)23-22(24)14-8-17-7-11-20(25-2)16-21(17)26-3/h7-14,16H,4-6,15H2,1-3H3,(H,23,24). The summed E-state index contributed by atoms with van der Waals surface area (Å²) < 4.78 is 16.2. The van der Waals surface area contributed by atoms with Gasteiger partial charge in [-0.2, -0.15) is 0 Å². The monoisotopic (exact) mass is 369 g/mol. The zero-order valence-electron chi connectivity index (χ0n) is 16.2. The molecule has 5 nitrogen and oxygen atoms in total. The highest BCUT2D eigenvalue weighted by molar-refractivity contribution is 6.02. The molecule has 0 aliphatic rings. The van der Waals surface area contributed by atoms with E-state index in [1.165, 1.54) is 18.9 Å². The van der Waals surface area contributed by atoms with E-state index in [0.29, 0.717) is 23.8 Å². The SMILES string of the molecule is CCCCCOc1ccc(NC(=O)C=Cc2ccc(OC)cc2OC)cc1. The van der Waals surface area contributed by atoms with Crippen LogP contribution in [0.25, 0.3) is 6.08 Å². The average Bonchev–Trinajstić information content (AvgIpc) is 2.70. The Bertz CT molecular complexity index is 753. The van der Waals surface area contributed by atoms with E-state index in [2.05, 4.69) is 12.2 Å². The number of hydrogen-bond acceptors (Lipinski definition) is 4. The van der Waals surface area contributed by atoms with Gasteiger partial charge in [-0.1, -0.05) is 19.8 Å². The number of anilines is 1. The summed E-state index contributed by atoms with van der Waals surface area (Å²) in [4.78, 5) is 12.1. The molecule has 0 saturated heterocycles. The molecule has 0 unspecified atom stereocenters. The Labute approximate surface area is 161 Å². The maximum Gasteiger partial charge on any atom is 0.248 e. The number of carbonyl (C=O) groups excluding carboxylic acids is 1. The van der Waals surface area contributed by atoms with Crippen molar-refractivity contribution in [1.29, 1.82) is 0 Å². The highest BCUT2D eigenvalue weighted by Gasteiger charge is 2.04. The van der Waals surface area contributed by atoms with Gasteiger partial charge in [-0.25, -0.2) is 0 Å². The third kappa shape index (κ3) is 6.70. The number of nitrogens with one attached hydrogen (secondary N) is 1. The Hall–Kier alpha value is -2.95. The summed E-state index contributed by atoms with van der Waals surface area (Å²) >= 11 is 0. The molecule has 0 radical (unpaired) electrons. The quantitative estimate of drug-likeness (QED) is 0.477. The molecule has 2 rings (SSSR count). The first-order valence-electron chi connectivity index (χ1n) is 9.10. The first kappa shape index (κ1) is 20.4. The molecule has 0 atom stereocenters. The van der Waals surface area contributed by atoms with Crippen LogP contribution in [0.1, 0.15) is 31.7 Å². The lowest BCUT2D eigenvalue weighted by Gasteiger charge is -2.08. The zero-order chi connectivity index (χ0) is 19.5. The van der Waals surface area contributed by atoms with Crippen molar-refractivity contribution >= 4 is 17.7 Å². The highest BCUT2D eigenvalue weighted by Crippen LogP contribution is 2.25. The number of rotatable bonds is 10. The van der Waals surface area contributed by atoms with E-state index in [4.69, 9.17) is 14.2 Å². The summed E-state index contributed by atoms with van der Waals surface area (Å²) in [5.74, 6) is 1.93. The molecule has 0 aliphatic carbocycles. The van der Waals surface area contributed by atoms with Gasteiger partial charge in [-0.3, -0.25) is 4.79 Å². The summed E-state index contributed by atoms with van der Waals surface area (Å²) in [5, 5.41) is 2.83. The number of methoxy groups -OCH3 is 2. The fourth-order valence-corrected chi connectivity index (χ4v) is 2.48. The molecule has 5 heteroatoms. The van der Waals surface area contributed by atoms with Crippen molar-refractivity contribution < 1.29 is 19.0 Å². The fraction of sp³-hybridized carbons (Fsp3) is 0.318. The van der Waals surface area contributed by atoms with Crippen molar-refractivity contribution in [2.75, 3.05) is 26.1 Å². The van der Waals surface area contributed by atoms with Crippen molar-refractivity contribution in [2.45, 2.75) is 26.2 Å². The predicted molar refractivity (Wildman–Crippen MR) is 109 cm³/mol. The van der Waals surface area contributed by atoms with E-state index in [-0.39, 0.29) is 5.91 Å². The van der Waals surface area contributed by atoms with Crippen molar-refractivity contribution in [1.82, 2.24) is 0 Å². The summed E-state index contributed by atoms with van der Waals surface area (Å²) in [6.45, 7) is 2.88. The maximum absolute atomic E-state index is 12.1. The summed E-state index contributed by atoms with van der Waals surface area (Å²) in [7, 11) is 3.18. The lowest BCUT2D eigenvalue weighted by Crippen LogP contribution is -2.07. The van der Waals surface area contributed by atoms with E-state index >= 15 is 0 Å². The number of hydrogen-bond donors (Lipinski definition) is 1. The van der Waals surface area contributed by atoms with Crippen molar-refractivity contribution in [3.8, 4) is 17.2 Å². The second kappa shape index (κ2) is 10.9. The third-order valence-electron chi connectivity index (χ3n) is 3.99. The van der Waals surface area contributed by atoms with Crippen molar-refractivity contribution in [3.05, 3.63) is 54.1 Å². The predicted octanol–water partition coefficient (Wildman–Crippen LogP) is 4.92. The molecule has 0 saturated carbocycles. The first-order chi connectivity index (χ1) is 13.2. The molecule has 1 amide bonds. The molecule has 27 heavy (non-hydrogen) atoms. The molecular formula is C22H27NO4. The van der Waals surface area contributed by atoms with E-state index in [1.54, 1.807) is 26.4 Å². The van der Waals surface area contributed by atoms with Gasteiger partial charge < -0.3 is 19.5 Å². The van der Waals surface area contributed by atoms with Crippen LogP contribution in [0, 0.1) is 0 Å². The van der Waals surface area contributed by atoms with Gasteiger partial charge in [0.2, 0.25) is 5.91 Å². The van der Waals surface area contributed by atoms with Gasteiger partial charge in [0.15, 0.2) is 0 Å². The molecule has 2 aromatic rings. The summed E-state index contributed by atoms with van der Waals surface area (Å²) in [5.41, 5.74) is 1.51. The smallest absolute Gasteiger partial charge is 0.248 e. The number of unbranched alkanes of at least 4 members (excludes halogenated alkanes) is 2. The number of ether oxygens (including phenoxy) is 3. The van der Waals surface area contributed by atoms with Crippen LogP contribution in [0.5, 0.6) is 17.2 Å². The number of amides is 1. The Balaban J connectivity index is 1.90. The van der Waals surface area contributed by atoms with Crippen LogP contribution in [0.15, 0.2) is 48.5 Å². The minimum atomic E-state index is -0.218. The Morgan fingerprint density at radius 3 is 2.41 bits per heavy atom. The second-order valence-corrected chi connectivity index (χ2v) is 6.01. The largest absolute Gasteiger partial charge is 0.497 e. The Morgan fingerprint density at radius 2 is 1.74 bits per heavy atom. The van der Waals surface area contributed by atoms with E-state index in [1.807, 2.05) is 36.4 Å². The molecule has 0 spiro atoms. The molecule has 2 aromatic carbocycles. The van der Waals surface area contributed by atoms with E-state index in [0.717, 1.165) is 17.7 Å². The average molecular weight is 369 g/mol. The molecule has 1 N–H and O–H groups in total. The number of carbonyl (C=O) groups is 1. The van der Waals surface area contributed by atoms with Gasteiger partial charge in [0.25, 0.3) is 0 Å². The molecule has 0 fully saturated rings. The highest BCUT2D eigenvalue weighted by atomic mass is 16.5. The van der Waals surface area contributed by atoms with Crippen LogP contribution in [0.4, 0.5) is 5.69 Å². The summed E-state index contributed by atoms with van der Waals surface area (Å²) in [6.07, 6.45) is 6.57. The lowest BCUT2D eigenvalue weighted by molar-refractivity contribution is -0.111. The van der Waals surface area contributed by atoms with Crippen LogP contribution in [0.2, 0.25) is 0 Å².